The first kappa shape index (κ1) is 12.3. The molecule has 0 saturated heterocycles. The van der Waals surface area contributed by atoms with Gasteiger partial charge in [0.1, 0.15) is 5.75 Å². The Hall–Kier alpha value is -2.75. The Morgan fingerprint density at radius 3 is 2.90 bits per heavy atom. The average molecular weight is 264 g/mol. The normalized spacial score (nSPS) is 10.4. The van der Waals surface area contributed by atoms with Crippen molar-refractivity contribution >= 4 is 17.4 Å². The third-order valence-corrected chi connectivity index (χ3v) is 3.02. The number of aromatic nitrogens is 2. The maximum absolute atomic E-state index is 10.3. The summed E-state index contributed by atoms with van der Waals surface area (Å²) in [7, 11) is 0. The molecule has 1 aromatic carbocycles. The molecule has 4 nitrogen and oxygen atoms in total. The largest absolute Gasteiger partial charge is 0.429 e. The Bertz CT molecular complexity index is 756. The van der Waals surface area contributed by atoms with Gasteiger partial charge in [-0.3, -0.25) is 14.8 Å². The Balaban J connectivity index is 1.88. The van der Waals surface area contributed by atoms with Gasteiger partial charge < -0.3 is 4.74 Å². The van der Waals surface area contributed by atoms with Gasteiger partial charge in [0, 0.05) is 36.0 Å². The molecule has 3 rings (SSSR count). The number of nitrogens with zero attached hydrogens (tertiary/aromatic N) is 2. The van der Waals surface area contributed by atoms with Crippen LogP contribution in [0.2, 0.25) is 0 Å². The minimum atomic E-state index is 0.417. The van der Waals surface area contributed by atoms with E-state index in [1.807, 2.05) is 24.3 Å². The number of pyridine rings is 2. The summed E-state index contributed by atoms with van der Waals surface area (Å²) in [4.78, 5) is 18.9. The van der Waals surface area contributed by atoms with Crippen LogP contribution in [0.3, 0.4) is 0 Å². The van der Waals surface area contributed by atoms with E-state index in [2.05, 4.69) is 16.0 Å². The first-order chi connectivity index (χ1) is 9.85. The Morgan fingerprint density at radius 1 is 1.05 bits per heavy atom. The first-order valence-corrected chi connectivity index (χ1v) is 6.24. The zero-order chi connectivity index (χ0) is 13.8. The SMILES string of the molecule is O=COc1ccnc(Cc2ccc3ncccc3c2)c1. The molecule has 0 spiro atoms. The van der Waals surface area contributed by atoms with Crippen molar-refractivity contribution in [3.8, 4) is 5.75 Å². The number of hydrogen-bond donors (Lipinski definition) is 0. The van der Waals surface area contributed by atoms with Crippen LogP contribution in [0.5, 0.6) is 5.75 Å². The lowest BCUT2D eigenvalue weighted by Crippen LogP contribution is -1.95. The van der Waals surface area contributed by atoms with Crippen LogP contribution >= 0.6 is 0 Å². The zero-order valence-corrected chi connectivity index (χ0v) is 10.7. The van der Waals surface area contributed by atoms with Crippen LogP contribution in [0, 0.1) is 0 Å². The van der Waals surface area contributed by atoms with Crippen molar-refractivity contribution in [2.75, 3.05) is 0 Å². The molecule has 0 amide bonds. The van der Waals surface area contributed by atoms with Gasteiger partial charge in [0.05, 0.1) is 5.52 Å². The minimum absolute atomic E-state index is 0.417. The Kier molecular flexibility index (Phi) is 3.37. The monoisotopic (exact) mass is 264 g/mol. The third-order valence-electron chi connectivity index (χ3n) is 3.02. The number of fused-ring (bicyclic) bond motifs is 1. The molecule has 0 fully saturated rings. The maximum Gasteiger partial charge on any atom is 0.298 e. The van der Waals surface area contributed by atoms with E-state index in [9.17, 15) is 4.79 Å². The highest BCUT2D eigenvalue weighted by atomic mass is 16.5. The summed E-state index contributed by atoms with van der Waals surface area (Å²) in [6.07, 6.45) is 4.10. The highest BCUT2D eigenvalue weighted by Gasteiger charge is 2.02. The fourth-order valence-corrected chi connectivity index (χ4v) is 2.13. The molecule has 98 valence electrons. The number of benzene rings is 1. The van der Waals surface area contributed by atoms with Crippen LogP contribution in [0.25, 0.3) is 10.9 Å². The van der Waals surface area contributed by atoms with E-state index >= 15 is 0 Å². The highest BCUT2D eigenvalue weighted by Crippen LogP contribution is 2.17. The number of rotatable bonds is 4. The molecular formula is C16H12N2O2. The molecule has 2 heterocycles. The van der Waals surface area contributed by atoms with Crippen molar-refractivity contribution in [3.63, 3.8) is 0 Å². The molecule has 0 radical (unpaired) electrons. The van der Waals surface area contributed by atoms with E-state index in [-0.39, 0.29) is 0 Å². The predicted molar refractivity (Wildman–Crippen MR) is 75.5 cm³/mol. The third kappa shape index (κ3) is 2.64. The van der Waals surface area contributed by atoms with Crippen LogP contribution in [-0.4, -0.2) is 16.4 Å². The number of carbonyl (C=O) groups is 1. The van der Waals surface area contributed by atoms with Gasteiger partial charge in [-0.05, 0) is 29.8 Å². The minimum Gasteiger partial charge on any atom is -0.429 e. The van der Waals surface area contributed by atoms with E-state index in [0.717, 1.165) is 22.2 Å². The quantitative estimate of drug-likeness (QED) is 0.680. The topological polar surface area (TPSA) is 52.1 Å². The summed E-state index contributed by atoms with van der Waals surface area (Å²) in [5.74, 6) is 0.507. The lowest BCUT2D eigenvalue weighted by atomic mass is 10.1. The summed E-state index contributed by atoms with van der Waals surface area (Å²) in [5.41, 5.74) is 2.97. The summed E-state index contributed by atoms with van der Waals surface area (Å²) in [6.45, 7) is 0.417. The average Bonchev–Trinajstić information content (AvgIpc) is 2.48. The smallest absolute Gasteiger partial charge is 0.298 e. The van der Waals surface area contributed by atoms with Crippen LogP contribution in [-0.2, 0) is 11.2 Å². The molecule has 0 bridgehead atoms. The summed E-state index contributed by atoms with van der Waals surface area (Å²) in [6, 6.07) is 13.5. The fourth-order valence-electron chi connectivity index (χ4n) is 2.13. The zero-order valence-electron chi connectivity index (χ0n) is 10.7. The first-order valence-electron chi connectivity index (χ1n) is 6.24. The van der Waals surface area contributed by atoms with E-state index in [1.165, 1.54) is 0 Å². The van der Waals surface area contributed by atoms with Gasteiger partial charge >= 0.3 is 0 Å². The fraction of sp³-hybridized carbons (Fsp3) is 0.0625. The van der Waals surface area contributed by atoms with Crippen molar-refractivity contribution in [3.05, 3.63) is 66.1 Å². The molecule has 3 aromatic rings. The predicted octanol–water partition coefficient (Wildman–Crippen LogP) is 2.76. The molecule has 0 aliphatic carbocycles. The second-order valence-corrected chi connectivity index (χ2v) is 4.40. The van der Waals surface area contributed by atoms with Gasteiger partial charge in [0.25, 0.3) is 6.47 Å². The molecular weight excluding hydrogens is 252 g/mol. The van der Waals surface area contributed by atoms with Gasteiger partial charge in [0.15, 0.2) is 0 Å². The number of ether oxygens (including phenoxy) is 1. The van der Waals surface area contributed by atoms with E-state index in [4.69, 9.17) is 4.74 Å². The molecule has 0 unspecified atom stereocenters. The van der Waals surface area contributed by atoms with Crippen molar-refractivity contribution in [2.45, 2.75) is 6.42 Å². The van der Waals surface area contributed by atoms with Crippen LogP contribution in [0.15, 0.2) is 54.9 Å². The molecule has 0 saturated carbocycles. The van der Waals surface area contributed by atoms with E-state index < -0.39 is 0 Å². The van der Waals surface area contributed by atoms with Gasteiger partial charge in [-0.1, -0.05) is 12.1 Å². The second-order valence-electron chi connectivity index (χ2n) is 4.40. The highest BCUT2D eigenvalue weighted by molar-refractivity contribution is 5.79. The van der Waals surface area contributed by atoms with Gasteiger partial charge in [0.2, 0.25) is 0 Å². The van der Waals surface area contributed by atoms with Gasteiger partial charge in [-0.25, -0.2) is 0 Å². The molecule has 0 atom stereocenters. The standard InChI is InChI=1S/C16H12N2O2/c19-11-20-15-5-7-17-14(10-15)9-12-3-4-16-13(8-12)2-1-6-18-16/h1-8,10-11H,9H2. The lowest BCUT2D eigenvalue weighted by molar-refractivity contribution is -0.120. The van der Waals surface area contributed by atoms with Crippen LogP contribution in [0.4, 0.5) is 0 Å². The van der Waals surface area contributed by atoms with E-state index in [0.29, 0.717) is 18.6 Å². The molecule has 0 aliphatic heterocycles. The summed E-state index contributed by atoms with van der Waals surface area (Å²) < 4.78 is 4.82. The van der Waals surface area contributed by atoms with Crippen LogP contribution < -0.4 is 4.74 Å². The van der Waals surface area contributed by atoms with Gasteiger partial charge in [-0.2, -0.15) is 0 Å². The van der Waals surface area contributed by atoms with Crippen molar-refractivity contribution in [2.24, 2.45) is 0 Å². The molecule has 2 aromatic heterocycles. The van der Waals surface area contributed by atoms with Crippen LogP contribution in [0.1, 0.15) is 11.3 Å². The molecule has 0 aliphatic rings. The Labute approximate surface area is 116 Å². The van der Waals surface area contributed by atoms with E-state index in [1.54, 1.807) is 24.5 Å². The summed E-state index contributed by atoms with van der Waals surface area (Å²) >= 11 is 0. The summed E-state index contributed by atoms with van der Waals surface area (Å²) in [5, 5.41) is 1.10. The van der Waals surface area contributed by atoms with Gasteiger partial charge in [-0.15, -0.1) is 0 Å². The Morgan fingerprint density at radius 2 is 2.00 bits per heavy atom. The van der Waals surface area contributed by atoms with Crippen molar-refractivity contribution in [1.29, 1.82) is 0 Å². The molecule has 20 heavy (non-hydrogen) atoms. The van der Waals surface area contributed by atoms with Crippen molar-refractivity contribution < 1.29 is 9.53 Å². The number of hydrogen-bond acceptors (Lipinski definition) is 4. The van der Waals surface area contributed by atoms with Crippen molar-refractivity contribution in [1.82, 2.24) is 9.97 Å². The molecule has 4 heteroatoms. The number of carbonyl (C=O) groups excluding carboxylic acids is 1. The maximum atomic E-state index is 10.3. The molecule has 0 N–H and O–H groups in total. The second kappa shape index (κ2) is 5.48. The lowest BCUT2D eigenvalue weighted by Gasteiger charge is -2.04.